The third kappa shape index (κ3) is 3.88. The van der Waals surface area contributed by atoms with Crippen LogP contribution >= 0.6 is 0 Å². The molecule has 84 valence electrons. The number of hydrogen-bond donors (Lipinski definition) is 1. The molecule has 0 aliphatic rings. The van der Waals surface area contributed by atoms with Crippen molar-refractivity contribution >= 4 is 17.0 Å². The molecule has 0 aliphatic carbocycles. The minimum absolute atomic E-state index is 0.0515. The van der Waals surface area contributed by atoms with Crippen LogP contribution in [0.15, 0.2) is 30.3 Å². The Morgan fingerprint density at radius 1 is 1.27 bits per heavy atom. The highest BCUT2D eigenvalue weighted by atomic mass is 32.2. The molecule has 1 N–H and O–H groups in total. The van der Waals surface area contributed by atoms with Crippen molar-refractivity contribution < 1.29 is 21.9 Å². The molecule has 0 radical (unpaired) electrons. The fraction of sp³-hybridized carbons (Fsp3) is 0.250. The van der Waals surface area contributed by atoms with Crippen LogP contribution in [-0.2, 0) is 11.3 Å². The second kappa shape index (κ2) is 4.63. The van der Waals surface area contributed by atoms with Crippen LogP contribution in [0.4, 0.5) is 18.9 Å². The predicted molar refractivity (Wildman–Crippen MR) is 50.6 cm³/mol. The van der Waals surface area contributed by atoms with Gasteiger partial charge in [0.1, 0.15) is 6.54 Å². The molecule has 0 bridgehead atoms. The average Bonchev–Trinajstić information content (AvgIpc) is 2.14. The van der Waals surface area contributed by atoms with E-state index in [0.29, 0.717) is 4.31 Å². The zero-order valence-electron chi connectivity index (χ0n) is 7.44. The van der Waals surface area contributed by atoms with Crippen LogP contribution in [0.25, 0.3) is 0 Å². The van der Waals surface area contributed by atoms with Gasteiger partial charge in [-0.3, -0.25) is 8.86 Å². The van der Waals surface area contributed by atoms with E-state index in [1.165, 1.54) is 24.3 Å². The lowest BCUT2D eigenvalue weighted by molar-refractivity contribution is -0.117. The smallest absolute Gasteiger partial charge is 0.289 e. The summed E-state index contributed by atoms with van der Waals surface area (Å²) in [6.07, 6.45) is -4.52. The lowest BCUT2D eigenvalue weighted by atomic mass is 10.3. The molecule has 0 aliphatic heterocycles. The molecular formula is C8H8F3NO2S. The number of nitrogens with zero attached hydrogens (tertiary/aromatic N) is 1. The molecule has 1 rings (SSSR count). The van der Waals surface area contributed by atoms with E-state index >= 15 is 0 Å². The second-order valence-electron chi connectivity index (χ2n) is 2.72. The minimum atomic E-state index is -4.52. The molecular weight excluding hydrogens is 231 g/mol. The van der Waals surface area contributed by atoms with Crippen LogP contribution in [0.2, 0.25) is 0 Å². The van der Waals surface area contributed by atoms with Crippen molar-refractivity contribution in [2.24, 2.45) is 0 Å². The van der Waals surface area contributed by atoms with E-state index < -0.39 is 24.0 Å². The van der Waals surface area contributed by atoms with E-state index in [-0.39, 0.29) is 5.69 Å². The first-order chi connectivity index (χ1) is 6.90. The van der Waals surface area contributed by atoms with Gasteiger partial charge in [0.25, 0.3) is 11.3 Å². The lowest BCUT2D eigenvalue weighted by Crippen LogP contribution is -2.35. The highest BCUT2D eigenvalue weighted by molar-refractivity contribution is 7.80. The van der Waals surface area contributed by atoms with Gasteiger partial charge in [-0.25, -0.2) is 4.21 Å². The predicted octanol–water partition coefficient (Wildman–Crippen LogP) is 2.19. The van der Waals surface area contributed by atoms with E-state index in [9.17, 15) is 17.4 Å². The second-order valence-corrected chi connectivity index (χ2v) is 3.62. The van der Waals surface area contributed by atoms with Crippen molar-refractivity contribution in [2.45, 2.75) is 6.18 Å². The molecule has 0 saturated carbocycles. The standard InChI is InChI=1S/C8H8F3NO2S/c9-8(10,11)6-12(15(13)14)7-4-2-1-3-5-7/h1-5H,6H2,(H,13,14). The first kappa shape index (κ1) is 12.0. The monoisotopic (exact) mass is 239 g/mol. The summed E-state index contributed by atoms with van der Waals surface area (Å²) in [6.45, 7) is -1.46. The highest BCUT2D eigenvalue weighted by Gasteiger charge is 2.33. The average molecular weight is 239 g/mol. The molecule has 0 spiro atoms. The number of para-hydroxylation sites is 1. The van der Waals surface area contributed by atoms with Gasteiger partial charge in [-0.05, 0) is 12.1 Å². The number of rotatable bonds is 3. The molecule has 0 amide bonds. The maximum absolute atomic E-state index is 12.1. The van der Waals surface area contributed by atoms with Crippen LogP contribution in [0.5, 0.6) is 0 Å². The summed E-state index contributed by atoms with van der Waals surface area (Å²) in [6, 6.07) is 7.26. The van der Waals surface area contributed by atoms with Crippen LogP contribution in [0.3, 0.4) is 0 Å². The van der Waals surface area contributed by atoms with Crippen LogP contribution in [0.1, 0.15) is 0 Å². The van der Waals surface area contributed by atoms with Crippen molar-refractivity contribution in [1.29, 1.82) is 0 Å². The van der Waals surface area contributed by atoms with Gasteiger partial charge in [-0.2, -0.15) is 13.2 Å². The Morgan fingerprint density at radius 3 is 2.20 bits per heavy atom. The van der Waals surface area contributed by atoms with Gasteiger partial charge in [-0.15, -0.1) is 0 Å². The van der Waals surface area contributed by atoms with Gasteiger partial charge >= 0.3 is 6.18 Å². The van der Waals surface area contributed by atoms with Crippen molar-refractivity contribution in [3.05, 3.63) is 30.3 Å². The third-order valence-corrected chi connectivity index (χ3v) is 2.27. The fourth-order valence-corrected chi connectivity index (χ4v) is 1.55. The van der Waals surface area contributed by atoms with Gasteiger partial charge in [0.2, 0.25) is 0 Å². The van der Waals surface area contributed by atoms with Crippen LogP contribution < -0.4 is 4.31 Å². The largest absolute Gasteiger partial charge is 0.407 e. The molecule has 1 atom stereocenters. The summed E-state index contributed by atoms with van der Waals surface area (Å²) in [5.74, 6) is 0. The lowest BCUT2D eigenvalue weighted by Gasteiger charge is -2.21. The van der Waals surface area contributed by atoms with Crippen LogP contribution in [0, 0.1) is 0 Å². The number of anilines is 1. The highest BCUT2D eigenvalue weighted by Crippen LogP contribution is 2.22. The van der Waals surface area contributed by atoms with E-state index in [1.807, 2.05) is 0 Å². The molecule has 1 unspecified atom stereocenters. The molecule has 0 aromatic heterocycles. The maximum atomic E-state index is 12.1. The number of benzene rings is 1. The van der Waals surface area contributed by atoms with E-state index in [1.54, 1.807) is 6.07 Å². The first-order valence-electron chi connectivity index (χ1n) is 3.90. The minimum Gasteiger partial charge on any atom is -0.289 e. The Labute approximate surface area is 86.9 Å². The van der Waals surface area contributed by atoms with E-state index in [2.05, 4.69) is 0 Å². The summed E-state index contributed by atoms with van der Waals surface area (Å²) in [5, 5.41) is 0. The summed E-state index contributed by atoms with van der Waals surface area (Å²) in [4.78, 5) is 0. The van der Waals surface area contributed by atoms with Gasteiger partial charge in [0.15, 0.2) is 0 Å². The van der Waals surface area contributed by atoms with Gasteiger partial charge in [0, 0.05) is 0 Å². The normalized spacial score (nSPS) is 13.6. The summed E-state index contributed by atoms with van der Waals surface area (Å²) >= 11 is -2.69. The third-order valence-electron chi connectivity index (χ3n) is 1.56. The molecule has 0 heterocycles. The van der Waals surface area contributed by atoms with Crippen molar-refractivity contribution in [3.8, 4) is 0 Å². The van der Waals surface area contributed by atoms with Crippen molar-refractivity contribution in [1.82, 2.24) is 0 Å². The zero-order chi connectivity index (χ0) is 11.5. The van der Waals surface area contributed by atoms with Crippen molar-refractivity contribution in [2.75, 3.05) is 10.8 Å². The Morgan fingerprint density at radius 2 is 1.80 bits per heavy atom. The van der Waals surface area contributed by atoms with E-state index in [4.69, 9.17) is 4.55 Å². The van der Waals surface area contributed by atoms with E-state index in [0.717, 1.165) is 0 Å². The zero-order valence-corrected chi connectivity index (χ0v) is 8.26. The first-order valence-corrected chi connectivity index (χ1v) is 4.97. The topological polar surface area (TPSA) is 40.5 Å². The fourth-order valence-electron chi connectivity index (χ4n) is 0.994. The van der Waals surface area contributed by atoms with Gasteiger partial charge < -0.3 is 0 Å². The quantitative estimate of drug-likeness (QED) is 0.821. The summed E-state index contributed by atoms with van der Waals surface area (Å²) in [7, 11) is 0. The van der Waals surface area contributed by atoms with Gasteiger partial charge in [0.05, 0.1) is 5.69 Å². The van der Waals surface area contributed by atoms with Gasteiger partial charge in [-0.1, -0.05) is 18.2 Å². The maximum Gasteiger partial charge on any atom is 0.407 e. The van der Waals surface area contributed by atoms with Crippen LogP contribution in [-0.4, -0.2) is 21.5 Å². The summed E-state index contributed by atoms with van der Waals surface area (Å²) in [5.41, 5.74) is 0.0515. The summed E-state index contributed by atoms with van der Waals surface area (Å²) < 4.78 is 56.0. The Kier molecular flexibility index (Phi) is 3.70. The number of alkyl halides is 3. The number of hydrogen-bond acceptors (Lipinski definition) is 1. The van der Waals surface area contributed by atoms with Crippen molar-refractivity contribution in [3.63, 3.8) is 0 Å². The molecule has 0 saturated heterocycles. The Hall–Kier alpha value is -1.08. The molecule has 1 aromatic rings. The Bertz CT molecular complexity index is 341. The number of halogens is 3. The Balaban J connectivity index is 2.90. The molecule has 1 aromatic carbocycles. The molecule has 15 heavy (non-hydrogen) atoms. The SMILES string of the molecule is O=S(O)N(CC(F)(F)F)c1ccccc1. The molecule has 3 nitrogen and oxygen atoms in total. The molecule has 0 fully saturated rings. The molecule has 7 heteroatoms.